The molecule has 0 saturated carbocycles. The first-order chi connectivity index (χ1) is 33.1. The lowest BCUT2D eigenvalue weighted by Gasteiger charge is -2.32. The Bertz CT molecular complexity index is 3830. The van der Waals surface area contributed by atoms with E-state index in [1.807, 2.05) is 60.7 Å². The minimum Gasteiger partial charge on any atom is -0.311 e. The molecule has 67 heavy (non-hydrogen) atoms. The fraction of sp³-hybridized carbons (Fsp3) is 0.0159. The first-order valence-electron chi connectivity index (χ1n) is 22.6. The van der Waals surface area contributed by atoms with Gasteiger partial charge in [0.1, 0.15) is 0 Å². The predicted octanol–water partition coefficient (Wildman–Crippen LogP) is 16.9. The van der Waals surface area contributed by atoms with E-state index in [9.17, 15) is 5.26 Å². The number of hydrogen-bond donors (Lipinski definition) is 0. The van der Waals surface area contributed by atoms with Gasteiger partial charge in [0.25, 0.3) is 0 Å². The van der Waals surface area contributed by atoms with Crippen molar-refractivity contribution in [3.05, 3.63) is 270 Å². The zero-order valence-electron chi connectivity index (χ0n) is 36.2. The van der Waals surface area contributed by atoms with E-state index in [0.29, 0.717) is 11.3 Å². The third kappa shape index (κ3) is 5.64. The SMILES string of the molecule is [C-]#[N+]c1ccc(N(c2ccccc2)c2ccc3c4c(c5ccccc5c3c2)-c2cc3ccc(N(c5ccccc5)c5ccc(C#N)cc5)cc3cc2C42c3ccccc3-c3ccccc32)cc1. The van der Waals surface area contributed by atoms with Gasteiger partial charge < -0.3 is 9.80 Å². The summed E-state index contributed by atoms with van der Waals surface area (Å²) in [5.74, 6) is 0. The van der Waals surface area contributed by atoms with Crippen LogP contribution < -0.4 is 9.80 Å². The van der Waals surface area contributed by atoms with Gasteiger partial charge in [-0.2, -0.15) is 5.26 Å². The Hall–Kier alpha value is -9.22. The number of nitriles is 1. The highest BCUT2D eigenvalue weighted by Gasteiger charge is 2.53. The first-order valence-corrected chi connectivity index (χ1v) is 22.6. The standard InChI is InChI=1S/C63H38N4/c1-65-44-27-32-48(33-28-44)67(46-16-6-3-7-17-46)50-34-35-55-56(39-50)51-18-8-9-21-54(51)61-57-37-42-26-31-49(66(45-14-4-2-5-15-45)47-29-24-41(40-64)25-30-47)36-43(42)38-60(57)63(62(55)61)58-22-12-10-19-52(58)53-20-11-13-23-59(53)63/h2-39H. The summed E-state index contributed by atoms with van der Waals surface area (Å²) in [4.78, 5) is 8.25. The van der Waals surface area contributed by atoms with Crippen molar-refractivity contribution in [3.63, 3.8) is 0 Å². The molecule has 0 heterocycles. The molecular weight excluding hydrogens is 813 g/mol. The molecule has 0 atom stereocenters. The first kappa shape index (κ1) is 38.3. The van der Waals surface area contributed by atoms with Crippen molar-refractivity contribution < 1.29 is 0 Å². The Kier molecular flexibility index (Phi) is 8.52. The average molecular weight is 851 g/mol. The summed E-state index contributed by atoms with van der Waals surface area (Å²) in [6.07, 6.45) is 0. The Morgan fingerprint density at radius 3 is 1.54 bits per heavy atom. The molecule has 0 N–H and O–H groups in total. The zero-order chi connectivity index (χ0) is 44.6. The Morgan fingerprint density at radius 2 is 0.910 bits per heavy atom. The molecule has 13 rings (SSSR count). The summed E-state index contributed by atoms with van der Waals surface area (Å²) < 4.78 is 0. The van der Waals surface area contributed by atoms with Gasteiger partial charge in [0.2, 0.25) is 0 Å². The van der Waals surface area contributed by atoms with E-state index >= 15 is 0 Å². The summed E-state index contributed by atoms with van der Waals surface area (Å²) in [6.45, 7) is 7.63. The number of hydrogen-bond acceptors (Lipinski definition) is 3. The molecule has 2 aliphatic rings. The maximum atomic E-state index is 9.65. The van der Waals surface area contributed by atoms with Crippen molar-refractivity contribution >= 4 is 72.1 Å². The molecule has 11 aromatic rings. The van der Waals surface area contributed by atoms with E-state index in [-0.39, 0.29) is 0 Å². The van der Waals surface area contributed by atoms with E-state index < -0.39 is 5.41 Å². The van der Waals surface area contributed by atoms with Crippen molar-refractivity contribution in [2.75, 3.05) is 9.80 Å². The van der Waals surface area contributed by atoms with Crippen LogP contribution in [0.5, 0.6) is 0 Å². The van der Waals surface area contributed by atoms with Crippen molar-refractivity contribution in [2.45, 2.75) is 5.41 Å². The molecule has 0 aromatic heterocycles. The zero-order valence-corrected chi connectivity index (χ0v) is 36.2. The number of fused-ring (bicyclic) bond motifs is 16. The molecule has 11 aromatic carbocycles. The van der Waals surface area contributed by atoms with Crippen LogP contribution in [0.1, 0.15) is 27.8 Å². The molecule has 0 unspecified atom stereocenters. The summed E-state index contributed by atoms with van der Waals surface area (Å²) in [5.41, 5.74) is 17.0. The van der Waals surface area contributed by atoms with Gasteiger partial charge in [-0.15, -0.1) is 0 Å². The van der Waals surface area contributed by atoms with Gasteiger partial charge in [-0.3, -0.25) is 0 Å². The monoisotopic (exact) mass is 850 g/mol. The predicted molar refractivity (Wildman–Crippen MR) is 276 cm³/mol. The highest BCUT2D eigenvalue weighted by Crippen LogP contribution is 2.66. The third-order valence-electron chi connectivity index (χ3n) is 14.0. The molecule has 2 aliphatic carbocycles. The molecule has 310 valence electrons. The Labute approximate surface area is 388 Å². The van der Waals surface area contributed by atoms with Gasteiger partial charge in [-0.05, 0) is 174 Å². The van der Waals surface area contributed by atoms with Crippen LogP contribution in [0.4, 0.5) is 39.8 Å². The summed E-state index contributed by atoms with van der Waals surface area (Å²) in [6, 6.07) is 84.7. The lowest BCUT2D eigenvalue weighted by Crippen LogP contribution is -2.26. The minimum absolute atomic E-state index is 0.613. The van der Waals surface area contributed by atoms with Gasteiger partial charge in [-0.1, -0.05) is 133 Å². The number of benzene rings is 11. The fourth-order valence-electron chi connectivity index (χ4n) is 11.3. The topological polar surface area (TPSA) is 34.6 Å². The normalized spacial score (nSPS) is 12.6. The van der Waals surface area contributed by atoms with Crippen LogP contribution in [0.3, 0.4) is 0 Å². The lowest BCUT2D eigenvalue weighted by atomic mass is 9.69. The molecule has 0 amide bonds. The minimum atomic E-state index is -0.618. The quantitative estimate of drug-likeness (QED) is 0.123. The van der Waals surface area contributed by atoms with Crippen LogP contribution in [0.15, 0.2) is 231 Å². The van der Waals surface area contributed by atoms with Crippen LogP contribution in [-0.4, -0.2) is 0 Å². The second-order valence-electron chi connectivity index (χ2n) is 17.4. The van der Waals surface area contributed by atoms with Crippen molar-refractivity contribution in [1.82, 2.24) is 0 Å². The van der Waals surface area contributed by atoms with E-state index in [4.69, 9.17) is 6.57 Å². The van der Waals surface area contributed by atoms with Crippen LogP contribution in [-0.2, 0) is 5.41 Å². The second-order valence-corrected chi connectivity index (χ2v) is 17.4. The highest BCUT2D eigenvalue weighted by molar-refractivity contribution is 6.21. The largest absolute Gasteiger partial charge is 0.311 e. The summed E-state index contributed by atoms with van der Waals surface area (Å²) >= 11 is 0. The van der Waals surface area contributed by atoms with Crippen LogP contribution in [0, 0.1) is 17.9 Å². The molecule has 0 bridgehead atoms. The van der Waals surface area contributed by atoms with Gasteiger partial charge >= 0.3 is 0 Å². The van der Waals surface area contributed by atoms with Gasteiger partial charge in [0, 0.05) is 34.1 Å². The lowest BCUT2D eigenvalue weighted by molar-refractivity contribution is 0.803. The molecule has 4 nitrogen and oxygen atoms in total. The van der Waals surface area contributed by atoms with Crippen LogP contribution in [0.25, 0.3) is 59.4 Å². The van der Waals surface area contributed by atoms with Crippen molar-refractivity contribution in [3.8, 4) is 28.3 Å². The van der Waals surface area contributed by atoms with Crippen molar-refractivity contribution in [2.24, 2.45) is 0 Å². The number of rotatable bonds is 6. The number of para-hydroxylation sites is 2. The molecule has 0 saturated heterocycles. The molecule has 1 spiro atoms. The van der Waals surface area contributed by atoms with E-state index in [1.54, 1.807) is 0 Å². The van der Waals surface area contributed by atoms with Gasteiger partial charge in [0.05, 0.1) is 23.6 Å². The van der Waals surface area contributed by atoms with Crippen molar-refractivity contribution in [1.29, 1.82) is 5.26 Å². The van der Waals surface area contributed by atoms with E-state index in [2.05, 4.69) is 191 Å². The van der Waals surface area contributed by atoms with E-state index in [0.717, 1.165) is 39.5 Å². The van der Waals surface area contributed by atoms with E-state index in [1.165, 1.54) is 71.4 Å². The summed E-state index contributed by atoms with van der Waals surface area (Å²) in [5, 5.41) is 16.8. The average Bonchev–Trinajstić information content (AvgIpc) is 3.86. The molecule has 0 radical (unpaired) electrons. The maximum Gasteiger partial charge on any atom is 0.187 e. The molecule has 0 fully saturated rings. The molecular formula is C63H38N4. The third-order valence-corrected chi connectivity index (χ3v) is 14.0. The second kappa shape index (κ2) is 14.9. The maximum absolute atomic E-state index is 9.65. The number of nitrogens with zero attached hydrogens (tertiary/aromatic N) is 4. The van der Waals surface area contributed by atoms with Gasteiger partial charge in [-0.25, -0.2) is 4.85 Å². The Morgan fingerprint density at radius 1 is 0.388 bits per heavy atom. The molecule has 0 aliphatic heterocycles. The highest BCUT2D eigenvalue weighted by atomic mass is 15.1. The van der Waals surface area contributed by atoms with Crippen LogP contribution >= 0.6 is 0 Å². The Balaban J connectivity index is 1.10. The summed E-state index contributed by atoms with van der Waals surface area (Å²) in [7, 11) is 0. The van der Waals surface area contributed by atoms with Gasteiger partial charge in [0.15, 0.2) is 5.69 Å². The van der Waals surface area contributed by atoms with Crippen LogP contribution in [0.2, 0.25) is 0 Å². The smallest absolute Gasteiger partial charge is 0.187 e. The number of anilines is 6. The molecule has 4 heteroatoms. The fourth-order valence-corrected chi connectivity index (χ4v) is 11.3.